The highest BCUT2D eigenvalue weighted by Gasteiger charge is 2.18. The average molecular weight is 188 g/mol. The summed E-state index contributed by atoms with van der Waals surface area (Å²) >= 11 is 5.46. The Balaban J connectivity index is 2.64. The van der Waals surface area contributed by atoms with Gasteiger partial charge in [-0.1, -0.05) is 6.08 Å². The first-order valence-corrected chi connectivity index (χ1v) is 4.67. The van der Waals surface area contributed by atoms with Gasteiger partial charge in [-0.15, -0.1) is 11.6 Å². The van der Waals surface area contributed by atoms with Gasteiger partial charge in [0.2, 0.25) is 0 Å². The van der Waals surface area contributed by atoms with Gasteiger partial charge in [0, 0.05) is 18.2 Å². The molecule has 2 nitrogen and oxygen atoms in total. The van der Waals surface area contributed by atoms with Crippen molar-refractivity contribution in [2.75, 3.05) is 19.5 Å². The number of halogens is 1. The van der Waals surface area contributed by atoms with Crippen molar-refractivity contribution in [3.63, 3.8) is 0 Å². The summed E-state index contributed by atoms with van der Waals surface area (Å²) in [5.41, 5.74) is 0.866. The Labute approximate surface area is 78.2 Å². The highest BCUT2D eigenvalue weighted by molar-refractivity contribution is 6.30. The van der Waals surface area contributed by atoms with E-state index >= 15 is 0 Å². The lowest BCUT2D eigenvalue weighted by Gasteiger charge is -2.28. The van der Waals surface area contributed by atoms with E-state index in [2.05, 4.69) is 11.8 Å². The van der Waals surface area contributed by atoms with Gasteiger partial charge in [0.05, 0.1) is 5.88 Å². The summed E-state index contributed by atoms with van der Waals surface area (Å²) in [6.45, 7) is 2.89. The Morgan fingerprint density at radius 1 is 1.83 bits per heavy atom. The van der Waals surface area contributed by atoms with Gasteiger partial charge in [-0.25, -0.2) is 0 Å². The number of rotatable bonds is 2. The van der Waals surface area contributed by atoms with Crippen molar-refractivity contribution in [2.24, 2.45) is 0 Å². The molecule has 68 valence electrons. The minimum absolute atomic E-state index is 0.0652. The highest BCUT2D eigenvalue weighted by Crippen LogP contribution is 2.14. The summed E-state index contributed by atoms with van der Waals surface area (Å²) in [7, 11) is 2.03. The van der Waals surface area contributed by atoms with Gasteiger partial charge in [-0.3, -0.25) is 9.69 Å². The van der Waals surface area contributed by atoms with E-state index in [0.717, 1.165) is 18.5 Å². The molecule has 1 aliphatic rings. The summed E-state index contributed by atoms with van der Waals surface area (Å²) in [6, 6.07) is 0.539. The van der Waals surface area contributed by atoms with E-state index in [1.54, 1.807) is 0 Å². The Hall–Kier alpha value is -0.340. The molecule has 0 aromatic heterocycles. The first kappa shape index (κ1) is 9.75. The summed E-state index contributed by atoms with van der Waals surface area (Å²) in [4.78, 5) is 13.4. The third-order valence-electron chi connectivity index (χ3n) is 2.36. The zero-order valence-electron chi connectivity index (χ0n) is 7.51. The number of Topliss-reactive ketones (excluding diaryl/α,β-unsaturated/α-hetero) is 1. The summed E-state index contributed by atoms with van der Waals surface area (Å²) in [5, 5.41) is 0. The van der Waals surface area contributed by atoms with Crippen molar-refractivity contribution in [3.05, 3.63) is 11.6 Å². The van der Waals surface area contributed by atoms with E-state index in [1.807, 2.05) is 13.1 Å². The zero-order valence-corrected chi connectivity index (χ0v) is 8.27. The molecule has 0 bridgehead atoms. The average Bonchev–Trinajstić information content (AvgIpc) is 2.08. The predicted molar refractivity (Wildman–Crippen MR) is 50.5 cm³/mol. The van der Waals surface area contributed by atoms with Crippen molar-refractivity contribution in [1.29, 1.82) is 0 Å². The predicted octanol–water partition coefficient (Wildman–Crippen LogP) is 1.44. The number of hydrogen-bond acceptors (Lipinski definition) is 2. The molecule has 1 heterocycles. The van der Waals surface area contributed by atoms with Gasteiger partial charge in [-0.05, 0) is 20.4 Å². The van der Waals surface area contributed by atoms with Gasteiger partial charge in [-0.2, -0.15) is 0 Å². The zero-order chi connectivity index (χ0) is 9.14. The molecule has 3 heteroatoms. The number of carbonyl (C=O) groups excluding carboxylic acids is 1. The van der Waals surface area contributed by atoms with Gasteiger partial charge >= 0.3 is 0 Å². The van der Waals surface area contributed by atoms with Crippen LogP contribution in [0.25, 0.3) is 0 Å². The second kappa shape index (κ2) is 4.06. The Morgan fingerprint density at radius 3 is 3.00 bits per heavy atom. The van der Waals surface area contributed by atoms with Crippen LogP contribution in [0.15, 0.2) is 11.6 Å². The molecule has 1 aliphatic heterocycles. The molecule has 0 amide bonds. The van der Waals surface area contributed by atoms with Crippen molar-refractivity contribution >= 4 is 17.4 Å². The van der Waals surface area contributed by atoms with Gasteiger partial charge < -0.3 is 0 Å². The maximum Gasteiger partial charge on any atom is 0.174 e. The number of ketones is 1. The third-order valence-corrected chi connectivity index (χ3v) is 2.60. The molecule has 1 atom stereocenters. The van der Waals surface area contributed by atoms with E-state index in [4.69, 9.17) is 11.6 Å². The molecule has 1 rings (SSSR count). The highest BCUT2D eigenvalue weighted by atomic mass is 35.5. The monoisotopic (exact) mass is 187 g/mol. The van der Waals surface area contributed by atoms with Crippen LogP contribution in [-0.4, -0.2) is 36.2 Å². The third kappa shape index (κ3) is 2.08. The van der Waals surface area contributed by atoms with Gasteiger partial charge in [0.25, 0.3) is 0 Å². The summed E-state index contributed by atoms with van der Waals surface area (Å²) in [6.07, 6.45) is 2.96. The molecule has 0 saturated heterocycles. The fourth-order valence-electron chi connectivity index (χ4n) is 1.27. The largest absolute Gasteiger partial charge is 0.299 e. The Bertz CT molecular complexity index is 213. The minimum atomic E-state index is 0.0652. The SMILES string of the molecule is C[C@@H]1CC=C(C(=O)CCl)CN1C. The number of hydrogen-bond donors (Lipinski definition) is 0. The summed E-state index contributed by atoms with van der Waals surface area (Å²) < 4.78 is 0. The van der Waals surface area contributed by atoms with Crippen molar-refractivity contribution < 1.29 is 4.79 Å². The maximum atomic E-state index is 11.2. The molecular formula is C9H14ClNO. The van der Waals surface area contributed by atoms with E-state index in [0.29, 0.717) is 6.04 Å². The van der Waals surface area contributed by atoms with Crippen LogP contribution in [0.1, 0.15) is 13.3 Å². The van der Waals surface area contributed by atoms with Crippen LogP contribution in [0.4, 0.5) is 0 Å². The Kier molecular flexibility index (Phi) is 3.29. The molecule has 12 heavy (non-hydrogen) atoms. The topological polar surface area (TPSA) is 20.3 Å². The van der Waals surface area contributed by atoms with Crippen LogP contribution < -0.4 is 0 Å². The molecule has 0 saturated carbocycles. The molecule has 0 aliphatic carbocycles. The van der Waals surface area contributed by atoms with Crippen molar-refractivity contribution in [3.8, 4) is 0 Å². The van der Waals surface area contributed by atoms with Crippen LogP contribution in [0.5, 0.6) is 0 Å². The van der Waals surface area contributed by atoms with Crippen LogP contribution in [0.3, 0.4) is 0 Å². The Morgan fingerprint density at radius 2 is 2.50 bits per heavy atom. The lowest BCUT2D eigenvalue weighted by atomic mass is 10.0. The number of carbonyl (C=O) groups is 1. The van der Waals surface area contributed by atoms with E-state index in [9.17, 15) is 4.79 Å². The quantitative estimate of drug-likeness (QED) is 0.610. The first-order chi connectivity index (χ1) is 5.65. The van der Waals surface area contributed by atoms with Crippen LogP contribution >= 0.6 is 11.6 Å². The lowest BCUT2D eigenvalue weighted by molar-refractivity contribution is -0.113. The fraction of sp³-hybridized carbons (Fsp3) is 0.667. The van der Waals surface area contributed by atoms with Crippen LogP contribution in [0.2, 0.25) is 0 Å². The molecule has 0 aromatic rings. The molecule has 0 N–H and O–H groups in total. The van der Waals surface area contributed by atoms with Gasteiger partial charge in [0.15, 0.2) is 5.78 Å². The summed E-state index contributed by atoms with van der Waals surface area (Å²) in [5.74, 6) is 0.170. The lowest BCUT2D eigenvalue weighted by Crippen LogP contribution is -2.35. The molecule has 0 spiro atoms. The normalized spacial score (nSPS) is 25.2. The van der Waals surface area contributed by atoms with Crippen molar-refractivity contribution in [1.82, 2.24) is 4.90 Å². The molecular weight excluding hydrogens is 174 g/mol. The molecule has 0 unspecified atom stereocenters. The second-order valence-electron chi connectivity index (χ2n) is 3.29. The number of nitrogens with zero attached hydrogens (tertiary/aromatic N) is 1. The fourth-order valence-corrected chi connectivity index (χ4v) is 1.44. The van der Waals surface area contributed by atoms with E-state index < -0.39 is 0 Å². The van der Waals surface area contributed by atoms with Gasteiger partial charge in [0.1, 0.15) is 0 Å². The smallest absolute Gasteiger partial charge is 0.174 e. The van der Waals surface area contributed by atoms with Crippen LogP contribution in [0, 0.1) is 0 Å². The molecule has 0 aromatic carbocycles. The molecule has 0 fully saturated rings. The minimum Gasteiger partial charge on any atom is -0.299 e. The second-order valence-corrected chi connectivity index (χ2v) is 3.55. The van der Waals surface area contributed by atoms with Crippen molar-refractivity contribution in [2.45, 2.75) is 19.4 Å². The first-order valence-electron chi connectivity index (χ1n) is 4.13. The maximum absolute atomic E-state index is 11.2. The van der Waals surface area contributed by atoms with Crippen LogP contribution in [-0.2, 0) is 4.79 Å². The van der Waals surface area contributed by atoms with E-state index in [1.165, 1.54) is 0 Å². The molecule has 0 radical (unpaired) electrons. The van der Waals surface area contributed by atoms with E-state index in [-0.39, 0.29) is 11.7 Å². The standard InChI is InChI=1S/C9H14ClNO/c1-7-3-4-8(6-11(7)2)9(12)5-10/h4,7H,3,5-6H2,1-2H3/t7-/m1/s1. The number of alkyl halides is 1. The number of likely N-dealkylation sites (N-methyl/N-ethyl adjacent to an activating group) is 1.